The molecular weight excluding hydrogens is 256 g/mol. The molecule has 0 aliphatic heterocycles. The summed E-state index contributed by atoms with van der Waals surface area (Å²) in [4.78, 5) is 15.2. The number of primary amides is 1. The number of nitrogens with one attached hydrogen (secondary N) is 1. The van der Waals surface area contributed by atoms with E-state index in [4.69, 9.17) is 16.2 Å². The molecule has 104 valence electrons. The average molecular weight is 272 g/mol. The predicted molar refractivity (Wildman–Crippen MR) is 77.0 cm³/mol. The number of anilines is 2. The number of ether oxygens (including phenoxy) is 1. The minimum absolute atomic E-state index is 0.408. The highest BCUT2D eigenvalue weighted by Gasteiger charge is 2.03. The first-order valence-corrected chi connectivity index (χ1v) is 6.15. The Kier molecular flexibility index (Phi) is 4.52. The van der Waals surface area contributed by atoms with Crippen LogP contribution in [0, 0.1) is 0 Å². The molecule has 0 saturated carbocycles. The van der Waals surface area contributed by atoms with E-state index in [9.17, 15) is 4.79 Å². The lowest BCUT2D eigenvalue weighted by atomic mass is 10.2. The summed E-state index contributed by atoms with van der Waals surface area (Å²) in [5, 5.41) is 3.08. The maximum absolute atomic E-state index is 11.1. The molecule has 2 aromatic rings. The zero-order chi connectivity index (χ0) is 14.4. The second-order valence-electron chi connectivity index (χ2n) is 4.08. The topological polar surface area (TPSA) is 103 Å². The highest BCUT2D eigenvalue weighted by Crippen LogP contribution is 2.19. The van der Waals surface area contributed by atoms with E-state index in [0.717, 1.165) is 11.4 Å². The SMILES string of the molecule is NCCOc1ccc(Nc2cc(C(N)=O)ccn2)cc1. The molecule has 0 radical (unpaired) electrons. The number of hydrogen-bond donors (Lipinski definition) is 3. The molecule has 1 heterocycles. The fraction of sp³-hybridized carbons (Fsp3) is 0.143. The first-order valence-electron chi connectivity index (χ1n) is 6.15. The second kappa shape index (κ2) is 6.53. The Balaban J connectivity index is 2.06. The van der Waals surface area contributed by atoms with E-state index in [-0.39, 0.29) is 0 Å². The van der Waals surface area contributed by atoms with Crippen LogP contribution in [0.25, 0.3) is 0 Å². The van der Waals surface area contributed by atoms with Crippen LogP contribution in [0.4, 0.5) is 11.5 Å². The third kappa shape index (κ3) is 3.69. The van der Waals surface area contributed by atoms with Crippen molar-refractivity contribution in [1.29, 1.82) is 0 Å². The normalized spacial score (nSPS) is 10.1. The monoisotopic (exact) mass is 272 g/mol. The van der Waals surface area contributed by atoms with Crippen LogP contribution < -0.4 is 21.5 Å². The molecule has 5 N–H and O–H groups in total. The van der Waals surface area contributed by atoms with Crippen LogP contribution in [-0.4, -0.2) is 24.0 Å². The highest BCUT2D eigenvalue weighted by molar-refractivity contribution is 5.93. The molecule has 0 aliphatic rings. The Morgan fingerprint density at radius 1 is 1.25 bits per heavy atom. The van der Waals surface area contributed by atoms with Crippen molar-refractivity contribution in [3.05, 3.63) is 48.2 Å². The largest absolute Gasteiger partial charge is 0.492 e. The van der Waals surface area contributed by atoms with E-state index in [1.54, 1.807) is 12.1 Å². The first kappa shape index (κ1) is 13.8. The van der Waals surface area contributed by atoms with Gasteiger partial charge < -0.3 is 21.5 Å². The lowest BCUT2D eigenvalue weighted by Gasteiger charge is -2.08. The zero-order valence-electron chi connectivity index (χ0n) is 10.9. The fourth-order valence-electron chi connectivity index (χ4n) is 1.61. The molecule has 0 aliphatic carbocycles. The highest BCUT2D eigenvalue weighted by atomic mass is 16.5. The summed E-state index contributed by atoms with van der Waals surface area (Å²) in [7, 11) is 0. The molecule has 0 fully saturated rings. The van der Waals surface area contributed by atoms with Gasteiger partial charge in [-0.2, -0.15) is 0 Å². The van der Waals surface area contributed by atoms with Crippen molar-refractivity contribution in [1.82, 2.24) is 4.98 Å². The van der Waals surface area contributed by atoms with E-state index in [2.05, 4.69) is 10.3 Å². The number of hydrogen-bond acceptors (Lipinski definition) is 5. The van der Waals surface area contributed by atoms with Crippen molar-refractivity contribution in [2.75, 3.05) is 18.5 Å². The number of amides is 1. The number of benzene rings is 1. The average Bonchev–Trinajstić information content (AvgIpc) is 2.47. The van der Waals surface area contributed by atoms with Crippen LogP contribution in [0.3, 0.4) is 0 Å². The lowest BCUT2D eigenvalue weighted by molar-refractivity contribution is 0.1000. The minimum Gasteiger partial charge on any atom is -0.492 e. The van der Waals surface area contributed by atoms with Crippen LogP contribution >= 0.6 is 0 Å². The molecule has 1 amide bonds. The van der Waals surface area contributed by atoms with Gasteiger partial charge in [-0.25, -0.2) is 4.98 Å². The van der Waals surface area contributed by atoms with Crippen LogP contribution in [0.5, 0.6) is 5.75 Å². The van der Waals surface area contributed by atoms with E-state index in [0.29, 0.717) is 24.5 Å². The first-order chi connectivity index (χ1) is 9.69. The molecule has 0 spiro atoms. The summed E-state index contributed by atoms with van der Waals surface area (Å²) in [5.74, 6) is 0.817. The molecule has 6 heteroatoms. The third-order valence-corrected chi connectivity index (χ3v) is 2.56. The van der Waals surface area contributed by atoms with Gasteiger partial charge in [0.2, 0.25) is 5.91 Å². The maximum Gasteiger partial charge on any atom is 0.248 e. The number of carbonyl (C=O) groups excluding carboxylic acids is 1. The van der Waals surface area contributed by atoms with Gasteiger partial charge in [-0.05, 0) is 36.4 Å². The Hall–Kier alpha value is -2.60. The second-order valence-corrected chi connectivity index (χ2v) is 4.08. The summed E-state index contributed by atoms with van der Waals surface area (Å²) in [6.45, 7) is 0.957. The number of aromatic nitrogens is 1. The summed E-state index contributed by atoms with van der Waals surface area (Å²) >= 11 is 0. The van der Waals surface area contributed by atoms with Crippen molar-refractivity contribution < 1.29 is 9.53 Å². The maximum atomic E-state index is 11.1. The van der Waals surface area contributed by atoms with Gasteiger partial charge in [0.25, 0.3) is 0 Å². The molecule has 0 saturated heterocycles. The van der Waals surface area contributed by atoms with E-state index in [1.165, 1.54) is 6.20 Å². The Labute approximate surface area is 116 Å². The molecule has 0 bridgehead atoms. The van der Waals surface area contributed by atoms with Gasteiger partial charge in [0.1, 0.15) is 18.2 Å². The summed E-state index contributed by atoms with van der Waals surface area (Å²) in [5.41, 5.74) is 11.8. The van der Waals surface area contributed by atoms with Gasteiger partial charge >= 0.3 is 0 Å². The predicted octanol–water partition coefficient (Wildman–Crippen LogP) is 1.26. The van der Waals surface area contributed by atoms with Gasteiger partial charge in [0, 0.05) is 24.0 Å². The van der Waals surface area contributed by atoms with Gasteiger partial charge in [-0.15, -0.1) is 0 Å². The number of nitrogens with two attached hydrogens (primary N) is 2. The Bertz CT molecular complexity index is 584. The van der Waals surface area contributed by atoms with Crippen LogP contribution in [0.15, 0.2) is 42.6 Å². The van der Waals surface area contributed by atoms with Gasteiger partial charge in [0.05, 0.1) is 0 Å². The summed E-state index contributed by atoms with van der Waals surface area (Å²) in [6.07, 6.45) is 1.53. The van der Waals surface area contributed by atoms with Crippen LogP contribution in [0.1, 0.15) is 10.4 Å². The molecule has 2 rings (SSSR count). The van der Waals surface area contributed by atoms with Crippen molar-refractivity contribution in [3.63, 3.8) is 0 Å². The molecule has 0 unspecified atom stereocenters. The standard InChI is InChI=1S/C14H16N4O2/c15-6-8-20-12-3-1-11(2-4-12)18-13-9-10(14(16)19)5-7-17-13/h1-5,7,9H,6,8,15H2,(H2,16,19)(H,17,18). The summed E-state index contributed by atoms with van der Waals surface area (Å²) < 4.78 is 5.38. The van der Waals surface area contributed by atoms with Gasteiger partial charge in [-0.1, -0.05) is 0 Å². The Morgan fingerprint density at radius 2 is 2.00 bits per heavy atom. The zero-order valence-corrected chi connectivity index (χ0v) is 10.9. The third-order valence-electron chi connectivity index (χ3n) is 2.56. The van der Waals surface area contributed by atoms with E-state index in [1.807, 2.05) is 24.3 Å². The number of pyridine rings is 1. The van der Waals surface area contributed by atoms with Crippen molar-refractivity contribution in [2.45, 2.75) is 0 Å². The molecule has 6 nitrogen and oxygen atoms in total. The minimum atomic E-state index is -0.485. The van der Waals surface area contributed by atoms with E-state index >= 15 is 0 Å². The molecular formula is C14H16N4O2. The quantitative estimate of drug-likeness (QED) is 0.734. The molecule has 0 atom stereocenters. The van der Waals surface area contributed by atoms with Crippen LogP contribution in [0.2, 0.25) is 0 Å². The Morgan fingerprint density at radius 3 is 2.65 bits per heavy atom. The molecule has 20 heavy (non-hydrogen) atoms. The van der Waals surface area contributed by atoms with Gasteiger partial charge in [-0.3, -0.25) is 4.79 Å². The van der Waals surface area contributed by atoms with Crippen molar-refractivity contribution in [2.24, 2.45) is 11.5 Å². The lowest BCUT2D eigenvalue weighted by Crippen LogP contribution is -2.11. The number of rotatable bonds is 6. The van der Waals surface area contributed by atoms with Crippen molar-refractivity contribution >= 4 is 17.4 Å². The summed E-state index contributed by atoms with van der Waals surface area (Å²) in [6, 6.07) is 10.5. The fourth-order valence-corrected chi connectivity index (χ4v) is 1.61. The van der Waals surface area contributed by atoms with Crippen molar-refractivity contribution in [3.8, 4) is 5.75 Å². The number of nitrogens with zero attached hydrogens (tertiary/aromatic N) is 1. The van der Waals surface area contributed by atoms with E-state index < -0.39 is 5.91 Å². The molecule has 1 aromatic carbocycles. The van der Waals surface area contributed by atoms with Gasteiger partial charge in [0.15, 0.2) is 0 Å². The smallest absolute Gasteiger partial charge is 0.248 e. The van der Waals surface area contributed by atoms with Crippen LogP contribution in [-0.2, 0) is 0 Å². The number of carbonyl (C=O) groups is 1. The molecule has 1 aromatic heterocycles.